The van der Waals surface area contributed by atoms with Crippen LogP contribution in [0.2, 0.25) is 0 Å². The van der Waals surface area contributed by atoms with E-state index in [4.69, 9.17) is 9.47 Å². The number of ketones is 1. The van der Waals surface area contributed by atoms with Gasteiger partial charge in [0.15, 0.2) is 5.78 Å². The Kier molecular flexibility index (Phi) is 6.93. The number of fused-ring (bicyclic) bond motifs is 3. The summed E-state index contributed by atoms with van der Waals surface area (Å²) in [5.74, 6) is 1.67. The van der Waals surface area contributed by atoms with E-state index in [0.717, 1.165) is 102 Å². The van der Waals surface area contributed by atoms with Gasteiger partial charge in [0.05, 0.1) is 17.9 Å². The molecule has 0 radical (unpaired) electrons. The first-order chi connectivity index (χ1) is 18.9. The summed E-state index contributed by atoms with van der Waals surface area (Å²) in [7, 11) is 0. The Bertz CT molecular complexity index is 1420. The minimum Gasteiger partial charge on any atom is -0.498 e. The van der Waals surface area contributed by atoms with Crippen LogP contribution in [-0.2, 0) is 14.9 Å². The number of benzene rings is 1. The molecule has 1 aromatic heterocycles. The van der Waals surface area contributed by atoms with Crippen molar-refractivity contribution in [3.63, 3.8) is 0 Å². The van der Waals surface area contributed by atoms with Gasteiger partial charge in [0, 0.05) is 57.6 Å². The molecule has 0 unspecified atom stereocenters. The highest BCUT2D eigenvalue weighted by molar-refractivity contribution is 9.10. The monoisotopic (exact) mass is 609 g/mol. The summed E-state index contributed by atoms with van der Waals surface area (Å²) in [5.41, 5.74) is 4.08. The van der Waals surface area contributed by atoms with Crippen LogP contribution in [-0.4, -0.2) is 71.1 Å². The van der Waals surface area contributed by atoms with E-state index in [1.165, 1.54) is 0 Å². The number of hydrogen-bond donors (Lipinski definition) is 1. The van der Waals surface area contributed by atoms with Gasteiger partial charge in [0.25, 0.3) is 0 Å². The van der Waals surface area contributed by atoms with E-state index in [9.17, 15) is 9.59 Å². The quantitative estimate of drug-likeness (QED) is 0.416. The fourth-order valence-electron chi connectivity index (χ4n) is 6.64. The number of nitrogens with one attached hydrogen (secondary N) is 1. The number of likely N-dealkylation sites (tertiary alicyclic amines) is 2. The van der Waals surface area contributed by atoms with Gasteiger partial charge in [-0.05, 0) is 82.8 Å². The van der Waals surface area contributed by atoms with Crippen LogP contribution in [0.25, 0.3) is 10.9 Å². The lowest BCUT2D eigenvalue weighted by Gasteiger charge is -2.47. The fraction of sp³-hybridized carbons (Fsp3) is 0.562. The molecule has 7 nitrogen and oxygen atoms in total. The lowest BCUT2D eigenvalue weighted by molar-refractivity contribution is -0.0241. The van der Waals surface area contributed by atoms with E-state index in [2.05, 4.69) is 45.7 Å². The second-order valence-electron chi connectivity index (χ2n) is 13.4. The first kappa shape index (κ1) is 27.6. The van der Waals surface area contributed by atoms with Gasteiger partial charge in [0.2, 0.25) is 0 Å². The van der Waals surface area contributed by atoms with E-state index < -0.39 is 5.60 Å². The van der Waals surface area contributed by atoms with Gasteiger partial charge in [-0.1, -0.05) is 35.8 Å². The molecule has 2 saturated heterocycles. The van der Waals surface area contributed by atoms with Crippen molar-refractivity contribution < 1.29 is 19.1 Å². The molecule has 2 aromatic rings. The lowest BCUT2D eigenvalue weighted by Crippen LogP contribution is -2.62. The Morgan fingerprint density at radius 3 is 2.58 bits per heavy atom. The predicted molar refractivity (Wildman–Crippen MR) is 160 cm³/mol. The molecule has 214 valence electrons. The normalized spacial score (nSPS) is 22.1. The average Bonchev–Trinajstić information content (AvgIpc) is 3.25. The Morgan fingerprint density at radius 1 is 1.15 bits per heavy atom. The van der Waals surface area contributed by atoms with Crippen LogP contribution in [0, 0.1) is 5.92 Å². The third kappa shape index (κ3) is 5.02. The first-order valence-electron chi connectivity index (χ1n) is 14.6. The number of rotatable bonds is 4. The molecular formula is C32H40BrN3O4. The fourth-order valence-corrected chi connectivity index (χ4v) is 7.00. The van der Waals surface area contributed by atoms with Crippen molar-refractivity contribution in [2.75, 3.05) is 32.8 Å². The number of amides is 1. The zero-order valence-electron chi connectivity index (χ0n) is 24.2. The van der Waals surface area contributed by atoms with E-state index >= 15 is 0 Å². The third-order valence-electron chi connectivity index (χ3n) is 9.00. The molecule has 0 spiro atoms. The zero-order valence-corrected chi connectivity index (χ0v) is 25.8. The van der Waals surface area contributed by atoms with Crippen LogP contribution in [0.4, 0.5) is 4.79 Å². The van der Waals surface area contributed by atoms with Crippen LogP contribution in [0.15, 0.2) is 45.7 Å². The molecule has 1 aromatic carbocycles. The summed E-state index contributed by atoms with van der Waals surface area (Å²) < 4.78 is 12.9. The number of Topliss-reactive ketones (excluding diaryl/α,β-unsaturated/α-hetero) is 1. The molecule has 1 amide bonds. The Balaban J connectivity index is 1.05. The molecule has 2 aliphatic heterocycles. The number of aromatic amines is 1. The molecule has 1 N–H and O–H groups in total. The third-order valence-corrected chi connectivity index (χ3v) is 9.49. The molecule has 40 heavy (non-hydrogen) atoms. The molecule has 0 saturated carbocycles. The summed E-state index contributed by atoms with van der Waals surface area (Å²) in [4.78, 5) is 33.8. The molecule has 2 aliphatic carbocycles. The van der Waals surface area contributed by atoms with E-state index in [-0.39, 0.29) is 17.3 Å². The van der Waals surface area contributed by atoms with Crippen molar-refractivity contribution in [1.29, 1.82) is 0 Å². The van der Waals surface area contributed by atoms with Crippen LogP contribution >= 0.6 is 15.9 Å². The molecule has 4 aliphatic rings. The number of hydrogen-bond acceptors (Lipinski definition) is 5. The molecule has 0 atom stereocenters. The van der Waals surface area contributed by atoms with Gasteiger partial charge in [-0.2, -0.15) is 0 Å². The summed E-state index contributed by atoms with van der Waals surface area (Å²) >= 11 is 3.56. The van der Waals surface area contributed by atoms with E-state index in [1.807, 2.05) is 39.0 Å². The largest absolute Gasteiger partial charge is 0.498 e. The van der Waals surface area contributed by atoms with Crippen molar-refractivity contribution in [3.05, 3.63) is 56.9 Å². The molecule has 3 heterocycles. The highest BCUT2D eigenvalue weighted by atomic mass is 79.9. The van der Waals surface area contributed by atoms with Crippen molar-refractivity contribution >= 4 is 38.7 Å². The van der Waals surface area contributed by atoms with Gasteiger partial charge in [0.1, 0.15) is 5.60 Å². The van der Waals surface area contributed by atoms with Gasteiger partial charge < -0.3 is 19.4 Å². The van der Waals surface area contributed by atoms with Crippen molar-refractivity contribution in [3.8, 4) is 0 Å². The van der Waals surface area contributed by atoms with Gasteiger partial charge in [-0.3, -0.25) is 9.69 Å². The van der Waals surface area contributed by atoms with Crippen molar-refractivity contribution in [1.82, 2.24) is 14.8 Å². The maximum absolute atomic E-state index is 13.7. The standard InChI is InChI=1S/C32H40BrN3O4/c1-31(2,3)40-30(38)36-16-21(17-36)35-12-10-19(11-13-35)18-39-22-7-9-23-25(15-22)32(4,5)29-27(28(23)37)24-8-6-20(33)14-26(24)34-29/h6,8,14-15,19,21,34H,7,9-13,16-18H2,1-5H3. The molecule has 0 bridgehead atoms. The van der Waals surface area contributed by atoms with E-state index in [0.29, 0.717) is 12.0 Å². The van der Waals surface area contributed by atoms with Gasteiger partial charge in [-0.25, -0.2) is 4.79 Å². The van der Waals surface area contributed by atoms with Crippen LogP contribution < -0.4 is 0 Å². The van der Waals surface area contributed by atoms with Gasteiger partial charge >= 0.3 is 6.09 Å². The maximum Gasteiger partial charge on any atom is 0.410 e. The summed E-state index contributed by atoms with van der Waals surface area (Å²) in [5, 5.41) is 1.000. The second kappa shape index (κ2) is 10.1. The van der Waals surface area contributed by atoms with Gasteiger partial charge in [-0.15, -0.1) is 0 Å². The summed E-state index contributed by atoms with van der Waals surface area (Å²) in [6.07, 6.45) is 5.63. The topological polar surface area (TPSA) is 74.9 Å². The van der Waals surface area contributed by atoms with Crippen LogP contribution in [0.1, 0.15) is 76.4 Å². The van der Waals surface area contributed by atoms with E-state index in [1.54, 1.807) is 4.90 Å². The Labute approximate surface area is 245 Å². The van der Waals surface area contributed by atoms with Crippen molar-refractivity contribution in [2.24, 2.45) is 5.92 Å². The highest BCUT2D eigenvalue weighted by Crippen LogP contribution is 2.47. The first-order valence-corrected chi connectivity index (χ1v) is 15.4. The zero-order chi connectivity index (χ0) is 28.4. The van der Waals surface area contributed by atoms with Crippen LogP contribution in [0.3, 0.4) is 0 Å². The Morgan fingerprint density at radius 2 is 1.88 bits per heavy atom. The summed E-state index contributed by atoms with van der Waals surface area (Å²) in [6, 6.07) is 6.52. The number of carbonyl (C=O) groups excluding carboxylic acids is 2. The highest BCUT2D eigenvalue weighted by Gasteiger charge is 2.42. The number of H-pyrrole nitrogens is 1. The van der Waals surface area contributed by atoms with Crippen molar-refractivity contribution in [2.45, 2.75) is 77.4 Å². The van der Waals surface area contributed by atoms with Crippen LogP contribution in [0.5, 0.6) is 0 Å². The SMILES string of the molecule is CC(C)(C)OC(=O)N1CC(N2CCC(COC3=CC4=C(CC3)C(=O)c3c([nH]c5cc(Br)ccc35)C4(C)C)CC2)C1. The molecule has 8 heteroatoms. The number of allylic oxidation sites excluding steroid dienone is 4. The Hall–Kier alpha value is -2.58. The lowest BCUT2D eigenvalue weighted by atomic mass is 9.68. The maximum atomic E-state index is 13.7. The molecule has 6 rings (SSSR count). The molecule has 2 fully saturated rings. The number of piperidine rings is 1. The number of carbonyl (C=O) groups is 2. The minimum absolute atomic E-state index is 0.154. The second-order valence-corrected chi connectivity index (χ2v) is 14.3. The summed E-state index contributed by atoms with van der Waals surface area (Å²) in [6.45, 7) is 14.4. The number of halogens is 1. The predicted octanol–water partition coefficient (Wildman–Crippen LogP) is 6.73. The minimum atomic E-state index is -0.453. The number of ether oxygens (including phenoxy) is 2. The smallest absolute Gasteiger partial charge is 0.410 e. The number of nitrogens with zero attached hydrogens (tertiary/aromatic N) is 2. The number of aromatic nitrogens is 1. The molecular weight excluding hydrogens is 570 g/mol. The average molecular weight is 611 g/mol.